The number of hydrogen-bond donors (Lipinski definition) is 0. The molecular weight excluding hydrogens is 358 g/mol. The number of hydrogen-bond acceptors (Lipinski definition) is 6. The van der Waals surface area contributed by atoms with Crippen LogP contribution in [0.5, 0.6) is 11.5 Å². The molecule has 0 fully saturated rings. The Morgan fingerprint density at radius 3 is 2.61 bits per heavy atom. The Bertz CT molecular complexity index is 952. The number of carbonyl (C=O) groups excluding carboxylic acids is 1. The third-order valence-electron chi connectivity index (χ3n) is 4.76. The van der Waals surface area contributed by atoms with Crippen LogP contribution in [0.15, 0.2) is 30.6 Å². The Labute approximate surface area is 164 Å². The summed E-state index contributed by atoms with van der Waals surface area (Å²) in [4.78, 5) is 22.7. The molecule has 0 saturated carbocycles. The SMILES string of the molecule is COc1ccc(OCCN(C)C(=O)CCc2c(C)nc3ncnn3c2C)cc1. The molecule has 28 heavy (non-hydrogen) atoms. The number of benzene rings is 1. The second-order valence-electron chi connectivity index (χ2n) is 6.57. The summed E-state index contributed by atoms with van der Waals surface area (Å²) in [5.41, 5.74) is 2.89. The van der Waals surface area contributed by atoms with Crippen LogP contribution in [-0.4, -0.2) is 57.7 Å². The molecule has 148 valence electrons. The highest BCUT2D eigenvalue weighted by Crippen LogP contribution is 2.17. The van der Waals surface area contributed by atoms with Gasteiger partial charge in [0.25, 0.3) is 5.78 Å². The third-order valence-corrected chi connectivity index (χ3v) is 4.76. The molecule has 8 nitrogen and oxygen atoms in total. The number of nitrogens with zero attached hydrogens (tertiary/aromatic N) is 5. The minimum absolute atomic E-state index is 0.0656. The molecule has 0 N–H and O–H groups in total. The average molecular weight is 383 g/mol. The third kappa shape index (κ3) is 4.39. The Morgan fingerprint density at radius 1 is 1.18 bits per heavy atom. The number of likely N-dealkylation sites (N-methyl/N-ethyl adjacent to an activating group) is 1. The quantitative estimate of drug-likeness (QED) is 0.593. The minimum Gasteiger partial charge on any atom is -0.497 e. The van der Waals surface area contributed by atoms with Crippen LogP contribution in [0.1, 0.15) is 23.4 Å². The van der Waals surface area contributed by atoms with Crippen molar-refractivity contribution in [3.63, 3.8) is 0 Å². The molecule has 0 aliphatic carbocycles. The van der Waals surface area contributed by atoms with Crippen molar-refractivity contribution in [3.05, 3.63) is 47.5 Å². The van der Waals surface area contributed by atoms with Crippen molar-refractivity contribution >= 4 is 11.7 Å². The molecule has 1 amide bonds. The molecule has 2 heterocycles. The lowest BCUT2D eigenvalue weighted by molar-refractivity contribution is -0.130. The van der Waals surface area contributed by atoms with Crippen molar-refractivity contribution in [2.75, 3.05) is 27.3 Å². The number of fused-ring (bicyclic) bond motifs is 1. The number of amides is 1. The molecule has 0 radical (unpaired) electrons. The van der Waals surface area contributed by atoms with E-state index in [1.54, 1.807) is 23.6 Å². The monoisotopic (exact) mass is 383 g/mol. The molecule has 3 aromatic rings. The van der Waals surface area contributed by atoms with E-state index in [1.807, 2.05) is 38.1 Å². The van der Waals surface area contributed by atoms with Crippen LogP contribution >= 0.6 is 0 Å². The van der Waals surface area contributed by atoms with E-state index in [1.165, 1.54) is 6.33 Å². The van der Waals surface area contributed by atoms with Crippen LogP contribution in [0.2, 0.25) is 0 Å². The zero-order chi connectivity index (χ0) is 20.1. The molecule has 0 spiro atoms. The van der Waals surface area contributed by atoms with E-state index in [4.69, 9.17) is 9.47 Å². The van der Waals surface area contributed by atoms with Crippen LogP contribution in [0, 0.1) is 13.8 Å². The summed E-state index contributed by atoms with van der Waals surface area (Å²) >= 11 is 0. The molecule has 0 unspecified atom stereocenters. The number of aromatic nitrogens is 4. The van der Waals surface area contributed by atoms with Gasteiger partial charge in [-0.2, -0.15) is 10.1 Å². The smallest absolute Gasteiger partial charge is 0.252 e. The van der Waals surface area contributed by atoms with E-state index in [-0.39, 0.29) is 5.91 Å². The van der Waals surface area contributed by atoms with Gasteiger partial charge < -0.3 is 14.4 Å². The fourth-order valence-electron chi connectivity index (χ4n) is 3.04. The van der Waals surface area contributed by atoms with Gasteiger partial charge in [-0.3, -0.25) is 4.79 Å². The van der Waals surface area contributed by atoms with E-state index in [0.717, 1.165) is 28.5 Å². The van der Waals surface area contributed by atoms with E-state index in [9.17, 15) is 4.79 Å². The standard InChI is InChI=1S/C20H25N5O3/c1-14-18(15(2)25-20(23-14)21-13-22-25)9-10-19(26)24(3)11-12-28-17-7-5-16(27-4)6-8-17/h5-8,13H,9-12H2,1-4H3. The molecule has 2 aromatic heterocycles. The van der Waals surface area contributed by atoms with Gasteiger partial charge in [0, 0.05) is 24.9 Å². The van der Waals surface area contributed by atoms with Gasteiger partial charge in [-0.05, 0) is 50.1 Å². The maximum Gasteiger partial charge on any atom is 0.252 e. The number of carbonyl (C=O) groups is 1. The first-order valence-corrected chi connectivity index (χ1v) is 9.16. The first kappa shape index (κ1) is 19.6. The normalized spacial score (nSPS) is 10.9. The van der Waals surface area contributed by atoms with Crippen LogP contribution in [0.25, 0.3) is 5.78 Å². The maximum absolute atomic E-state index is 12.5. The van der Waals surface area contributed by atoms with E-state index in [0.29, 0.717) is 31.8 Å². The van der Waals surface area contributed by atoms with Crippen molar-refractivity contribution in [1.82, 2.24) is 24.5 Å². The summed E-state index contributed by atoms with van der Waals surface area (Å²) in [6, 6.07) is 7.38. The van der Waals surface area contributed by atoms with Crippen molar-refractivity contribution < 1.29 is 14.3 Å². The van der Waals surface area contributed by atoms with Crippen LogP contribution < -0.4 is 9.47 Å². The number of rotatable bonds is 8. The molecule has 0 saturated heterocycles. The molecule has 0 atom stereocenters. The first-order chi connectivity index (χ1) is 13.5. The molecule has 1 aromatic carbocycles. The molecule has 8 heteroatoms. The van der Waals surface area contributed by atoms with Crippen LogP contribution in [0.4, 0.5) is 0 Å². The lowest BCUT2D eigenvalue weighted by Crippen LogP contribution is -2.31. The lowest BCUT2D eigenvalue weighted by atomic mass is 10.1. The Balaban J connectivity index is 1.50. The molecular formula is C20H25N5O3. The van der Waals surface area contributed by atoms with Gasteiger partial charge in [0.05, 0.1) is 13.7 Å². The topological polar surface area (TPSA) is 81.9 Å². The fraction of sp³-hybridized carbons (Fsp3) is 0.400. The number of ether oxygens (including phenoxy) is 2. The summed E-state index contributed by atoms with van der Waals surface area (Å²) in [5.74, 6) is 2.18. The maximum atomic E-state index is 12.5. The highest BCUT2D eigenvalue weighted by atomic mass is 16.5. The van der Waals surface area contributed by atoms with Crippen molar-refractivity contribution in [1.29, 1.82) is 0 Å². The van der Waals surface area contributed by atoms with E-state index >= 15 is 0 Å². The van der Waals surface area contributed by atoms with Gasteiger partial charge in [0.2, 0.25) is 5.91 Å². The first-order valence-electron chi connectivity index (χ1n) is 9.16. The average Bonchev–Trinajstić information content (AvgIpc) is 3.16. The minimum atomic E-state index is 0.0656. The van der Waals surface area contributed by atoms with Crippen molar-refractivity contribution in [3.8, 4) is 11.5 Å². The summed E-state index contributed by atoms with van der Waals surface area (Å²) in [5, 5.41) is 4.19. The molecule has 0 aliphatic heterocycles. The molecule has 0 aliphatic rings. The zero-order valence-electron chi connectivity index (χ0n) is 16.7. The Kier molecular flexibility index (Phi) is 6.08. The summed E-state index contributed by atoms with van der Waals surface area (Å²) in [6.07, 6.45) is 2.51. The van der Waals surface area contributed by atoms with Crippen LogP contribution in [0.3, 0.4) is 0 Å². The van der Waals surface area contributed by atoms with Gasteiger partial charge in [-0.15, -0.1) is 0 Å². The van der Waals surface area contributed by atoms with Gasteiger partial charge in [-0.25, -0.2) is 9.50 Å². The Morgan fingerprint density at radius 2 is 1.89 bits per heavy atom. The van der Waals surface area contributed by atoms with E-state index in [2.05, 4.69) is 15.1 Å². The van der Waals surface area contributed by atoms with Crippen LogP contribution in [-0.2, 0) is 11.2 Å². The van der Waals surface area contributed by atoms with E-state index < -0.39 is 0 Å². The van der Waals surface area contributed by atoms with Crippen molar-refractivity contribution in [2.24, 2.45) is 0 Å². The van der Waals surface area contributed by atoms with Gasteiger partial charge >= 0.3 is 0 Å². The summed E-state index contributed by atoms with van der Waals surface area (Å²) in [6.45, 7) is 4.86. The van der Waals surface area contributed by atoms with Crippen molar-refractivity contribution in [2.45, 2.75) is 26.7 Å². The fourth-order valence-corrected chi connectivity index (χ4v) is 3.04. The highest BCUT2D eigenvalue weighted by molar-refractivity contribution is 5.76. The zero-order valence-corrected chi connectivity index (χ0v) is 16.7. The van der Waals surface area contributed by atoms with Gasteiger partial charge in [-0.1, -0.05) is 0 Å². The largest absolute Gasteiger partial charge is 0.497 e. The van der Waals surface area contributed by atoms with Gasteiger partial charge in [0.1, 0.15) is 24.4 Å². The molecule has 3 rings (SSSR count). The van der Waals surface area contributed by atoms with Gasteiger partial charge in [0.15, 0.2) is 0 Å². The summed E-state index contributed by atoms with van der Waals surface area (Å²) < 4.78 is 12.5. The Hall–Kier alpha value is -3.16. The highest BCUT2D eigenvalue weighted by Gasteiger charge is 2.14. The number of methoxy groups -OCH3 is 1. The second kappa shape index (κ2) is 8.69. The number of aryl methyl sites for hydroxylation is 2. The summed E-state index contributed by atoms with van der Waals surface area (Å²) in [7, 11) is 3.41. The predicted molar refractivity (Wildman–Crippen MR) is 105 cm³/mol. The second-order valence-corrected chi connectivity index (χ2v) is 6.57. The molecule has 0 bridgehead atoms. The lowest BCUT2D eigenvalue weighted by Gasteiger charge is -2.18. The predicted octanol–water partition coefficient (Wildman–Crippen LogP) is 2.22.